The Balaban J connectivity index is 2.15. The summed E-state index contributed by atoms with van der Waals surface area (Å²) in [6.45, 7) is 11.4. The van der Waals surface area contributed by atoms with Crippen molar-refractivity contribution in [1.82, 2.24) is 5.32 Å². The number of hydrogen-bond acceptors (Lipinski definition) is 5. The van der Waals surface area contributed by atoms with Crippen molar-refractivity contribution in [2.75, 3.05) is 19.8 Å². The fraction of sp³-hybridized carbons (Fsp3) is 0.731. The predicted octanol–water partition coefficient (Wildman–Crippen LogP) is 6.64. The third-order valence-electron chi connectivity index (χ3n) is 5.66. The molecule has 2 rings (SSSR count). The van der Waals surface area contributed by atoms with Gasteiger partial charge in [0, 0.05) is 0 Å². The molecule has 35 heavy (non-hydrogen) atoms. The molecule has 1 aliphatic heterocycles. The van der Waals surface area contributed by atoms with Crippen LogP contribution < -0.4 is 10.1 Å². The number of hydrogen-bond donors (Lipinski definition) is 1. The van der Waals surface area contributed by atoms with E-state index in [4.69, 9.17) is 18.9 Å². The SMILES string of the molecule is CCCCCCOc1ccc(CCC2(NC(=O)OC(C)(C)C)COC(C)(C)OC2)cc1C(F)(F)F. The summed E-state index contributed by atoms with van der Waals surface area (Å²) in [5.74, 6) is -0.982. The summed E-state index contributed by atoms with van der Waals surface area (Å²) < 4.78 is 63.7. The average molecular weight is 504 g/mol. The molecule has 0 unspecified atom stereocenters. The van der Waals surface area contributed by atoms with Crippen molar-refractivity contribution < 1.29 is 36.9 Å². The number of nitrogens with one attached hydrogen (secondary N) is 1. The van der Waals surface area contributed by atoms with Crippen LogP contribution in [0.25, 0.3) is 0 Å². The molecule has 0 aromatic heterocycles. The van der Waals surface area contributed by atoms with Gasteiger partial charge < -0.3 is 24.3 Å². The fourth-order valence-corrected chi connectivity index (χ4v) is 3.68. The molecule has 0 saturated carbocycles. The molecular weight excluding hydrogens is 463 g/mol. The molecule has 1 saturated heterocycles. The van der Waals surface area contributed by atoms with Crippen LogP contribution in [0.2, 0.25) is 0 Å². The summed E-state index contributed by atoms with van der Waals surface area (Å²) in [6, 6.07) is 4.13. The maximum Gasteiger partial charge on any atom is 0.419 e. The summed E-state index contributed by atoms with van der Waals surface area (Å²) in [5.41, 5.74) is -1.96. The highest BCUT2D eigenvalue weighted by Gasteiger charge is 2.42. The van der Waals surface area contributed by atoms with Crippen molar-refractivity contribution in [2.45, 2.75) is 103 Å². The van der Waals surface area contributed by atoms with E-state index in [0.717, 1.165) is 25.3 Å². The second-order valence-corrected chi connectivity index (χ2v) is 10.6. The molecule has 0 spiro atoms. The molecule has 0 aliphatic carbocycles. The van der Waals surface area contributed by atoms with E-state index in [1.165, 1.54) is 6.07 Å². The van der Waals surface area contributed by atoms with Crippen molar-refractivity contribution in [1.29, 1.82) is 0 Å². The van der Waals surface area contributed by atoms with E-state index < -0.39 is 34.8 Å². The van der Waals surface area contributed by atoms with Gasteiger partial charge in [0.15, 0.2) is 5.79 Å². The maximum atomic E-state index is 13.8. The van der Waals surface area contributed by atoms with E-state index >= 15 is 0 Å². The standard InChI is InChI=1S/C26H40F3NO5/c1-7-8-9-10-15-32-21-12-11-19(16-20(21)26(27,28)29)13-14-25(17-33-24(5,6)34-18-25)30-22(31)35-23(2,3)4/h11-12,16H,7-10,13-15,17-18H2,1-6H3,(H,30,31). The number of amides is 1. The first-order valence-electron chi connectivity index (χ1n) is 12.3. The van der Waals surface area contributed by atoms with Crippen molar-refractivity contribution in [3.8, 4) is 5.75 Å². The van der Waals surface area contributed by atoms with Gasteiger partial charge in [-0.05, 0) is 71.6 Å². The molecule has 1 aliphatic rings. The Morgan fingerprint density at radius 1 is 1.09 bits per heavy atom. The number of unbranched alkanes of at least 4 members (excludes halogenated alkanes) is 3. The summed E-state index contributed by atoms with van der Waals surface area (Å²) in [5, 5.41) is 2.84. The fourth-order valence-electron chi connectivity index (χ4n) is 3.68. The summed E-state index contributed by atoms with van der Waals surface area (Å²) in [7, 11) is 0. The highest BCUT2D eigenvalue weighted by molar-refractivity contribution is 5.69. The number of rotatable bonds is 10. The van der Waals surface area contributed by atoms with Crippen LogP contribution >= 0.6 is 0 Å². The van der Waals surface area contributed by atoms with Crippen molar-refractivity contribution >= 4 is 6.09 Å². The highest BCUT2D eigenvalue weighted by atomic mass is 19.4. The lowest BCUT2D eigenvalue weighted by Crippen LogP contribution is -2.61. The molecule has 1 aromatic rings. The highest BCUT2D eigenvalue weighted by Crippen LogP contribution is 2.37. The molecule has 0 atom stereocenters. The minimum absolute atomic E-state index is 0.143. The van der Waals surface area contributed by atoms with Crippen molar-refractivity contribution in [3.63, 3.8) is 0 Å². The third-order valence-corrected chi connectivity index (χ3v) is 5.66. The molecule has 0 radical (unpaired) electrons. The van der Waals surface area contributed by atoms with Gasteiger partial charge in [-0.15, -0.1) is 0 Å². The number of benzene rings is 1. The second-order valence-electron chi connectivity index (χ2n) is 10.6. The first-order chi connectivity index (χ1) is 16.1. The lowest BCUT2D eigenvalue weighted by molar-refractivity contribution is -0.271. The number of alkyl carbamates (subject to hydrolysis) is 1. The first kappa shape index (κ1) is 29.2. The number of ether oxygens (including phenoxy) is 4. The van der Waals surface area contributed by atoms with Gasteiger partial charge >= 0.3 is 12.3 Å². The van der Waals surface area contributed by atoms with Crippen LogP contribution in [0, 0.1) is 0 Å². The van der Waals surface area contributed by atoms with Crippen LogP contribution in [0.4, 0.5) is 18.0 Å². The summed E-state index contributed by atoms with van der Waals surface area (Å²) in [4.78, 5) is 12.5. The quantitative estimate of drug-likeness (QED) is 0.363. The van der Waals surface area contributed by atoms with Gasteiger partial charge in [-0.25, -0.2) is 4.79 Å². The zero-order valence-corrected chi connectivity index (χ0v) is 21.8. The number of halogens is 3. The Bertz CT molecular complexity index is 823. The largest absolute Gasteiger partial charge is 0.493 e. The zero-order chi connectivity index (χ0) is 26.3. The van der Waals surface area contributed by atoms with E-state index in [0.29, 0.717) is 18.4 Å². The Labute approximate surface area is 206 Å². The van der Waals surface area contributed by atoms with Crippen LogP contribution in [0.5, 0.6) is 5.75 Å². The van der Waals surface area contributed by atoms with Crippen LogP contribution in [-0.2, 0) is 26.8 Å². The van der Waals surface area contributed by atoms with Gasteiger partial charge in [0.2, 0.25) is 0 Å². The molecule has 1 N–H and O–H groups in total. The van der Waals surface area contributed by atoms with Gasteiger partial charge in [-0.3, -0.25) is 0 Å². The Hall–Kier alpha value is -2.00. The number of carbonyl (C=O) groups is 1. The van der Waals surface area contributed by atoms with E-state index in [9.17, 15) is 18.0 Å². The first-order valence-corrected chi connectivity index (χ1v) is 12.3. The monoisotopic (exact) mass is 503 g/mol. The van der Waals surface area contributed by atoms with Crippen LogP contribution in [0.1, 0.15) is 84.8 Å². The van der Waals surface area contributed by atoms with E-state index in [1.807, 2.05) is 0 Å². The smallest absolute Gasteiger partial charge is 0.419 e. The minimum Gasteiger partial charge on any atom is -0.493 e. The predicted molar refractivity (Wildman–Crippen MR) is 127 cm³/mol. The third kappa shape index (κ3) is 9.88. The van der Waals surface area contributed by atoms with Gasteiger partial charge in [0.25, 0.3) is 0 Å². The molecule has 200 valence electrons. The topological polar surface area (TPSA) is 66.0 Å². The second kappa shape index (κ2) is 11.8. The maximum absolute atomic E-state index is 13.8. The molecule has 0 bridgehead atoms. The molecule has 1 amide bonds. The Morgan fingerprint density at radius 3 is 2.31 bits per heavy atom. The van der Waals surface area contributed by atoms with Crippen LogP contribution in [0.3, 0.4) is 0 Å². The zero-order valence-electron chi connectivity index (χ0n) is 21.8. The van der Waals surface area contributed by atoms with E-state index in [1.54, 1.807) is 40.7 Å². The lowest BCUT2D eigenvalue weighted by atomic mass is 9.91. The van der Waals surface area contributed by atoms with Crippen molar-refractivity contribution in [2.24, 2.45) is 0 Å². The van der Waals surface area contributed by atoms with E-state index in [-0.39, 0.29) is 32.0 Å². The van der Waals surface area contributed by atoms with Gasteiger partial charge in [-0.1, -0.05) is 32.3 Å². The van der Waals surface area contributed by atoms with E-state index in [2.05, 4.69) is 12.2 Å². The van der Waals surface area contributed by atoms with Crippen molar-refractivity contribution in [3.05, 3.63) is 29.3 Å². The molecule has 1 fully saturated rings. The van der Waals surface area contributed by atoms with Gasteiger partial charge in [0.1, 0.15) is 11.4 Å². The number of aryl methyl sites for hydroxylation is 1. The molecule has 1 heterocycles. The lowest BCUT2D eigenvalue weighted by Gasteiger charge is -2.44. The number of carbonyl (C=O) groups excluding carboxylic acids is 1. The van der Waals surface area contributed by atoms with Gasteiger partial charge in [-0.2, -0.15) is 13.2 Å². The normalized spacial score (nSPS) is 17.6. The molecule has 6 nitrogen and oxygen atoms in total. The Kier molecular flexibility index (Phi) is 9.87. The number of alkyl halides is 3. The summed E-state index contributed by atoms with van der Waals surface area (Å²) in [6.07, 6.45) is -0.904. The molecular formula is C26H40F3NO5. The van der Waals surface area contributed by atoms with Crippen LogP contribution in [-0.4, -0.2) is 42.8 Å². The summed E-state index contributed by atoms with van der Waals surface area (Å²) >= 11 is 0. The molecule has 9 heteroatoms. The Morgan fingerprint density at radius 2 is 1.74 bits per heavy atom. The van der Waals surface area contributed by atoms with Crippen LogP contribution in [0.15, 0.2) is 18.2 Å². The minimum atomic E-state index is -4.54. The average Bonchev–Trinajstić information content (AvgIpc) is 2.73. The van der Waals surface area contributed by atoms with Gasteiger partial charge in [0.05, 0.1) is 30.9 Å². The molecule has 1 aromatic carbocycles.